The second-order valence-corrected chi connectivity index (χ2v) is 5.60. The number of rotatable bonds is 3. The summed E-state index contributed by atoms with van der Waals surface area (Å²) >= 11 is 0. The third-order valence-electron chi connectivity index (χ3n) is 3.65. The van der Waals surface area contributed by atoms with E-state index in [1.165, 1.54) is 0 Å². The van der Waals surface area contributed by atoms with Gasteiger partial charge in [0.25, 0.3) is 0 Å². The van der Waals surface area contributed by atoms with Crippen LogP contribution in [0.25, 0.3) is 6.08 Å². The molecule has 0 bridgehead atoms. The van der Waals surface area contributed by atoms with E-state index in [4.69, 9.17) is 9.31 Å². The van der Waals surface area contributed by atoms with Crippen LogP contribution in [0.15, 0.2) is 24.1 Å². The molecule has 1 saturated heterocycles. The zero-order valence-electron chi connectivity index (χ0n) is 11.8. The predicted molar refractivity (Wildman–Crippen MR) is 73.2 cm³/mol. The van der Waals surface area contributed by atoms with Gasteiger partial charge in [0.2, 0.25) is 0 Å². The van der Waals surface area contributed by atoms with Crippen molar-refractivity contribution < 1.29 is 14.4 Å². The third-order valence-corrected chi connectivity index (χ3v) is 3.65. The van der Waals surface area contributed by atoms with Gasteiger partial charge in [0.05, 0.1) is 29.7 Å². The van der Waals surface area contributed by atoms with Gasteiger partial charge in [-0.15, -0.1) is 0 Å². The SMILES string of the molecule is CC1(C)OB(C(=Cc2cnccn2)CO)OC1(C)C. The second kappa shape index (κ2) is 5.04. The maximum Gasteiger partial charge on any atom is 0.492 e. The lowest BCUT2D eigenvalue weighted by molar-refractivity contribution is 0.00578. The van der Waals surface area contributed by atoms with E-state index in [0.29, 0.717) is 11.2 Å². The van der Waals surface area contributed by atoms with Crippen molar-refractivity contribution in [3.05, 3.63) is 29.8 Å². The summed E-state index contributed by atoms with van der Waals surface area (Å²) in [5.74, 6) is 0. The number of nitrogens with zero attached hydrogens (tertiary/aromatic N) is 2. The minimum Gasteiger partial charge on any atom is -0.400 e. The number of aliphatic hydroxyl groups is 1. The van der Waals surface area contributed by atoms with Gasteiger partial charge in [0.15, 0.2) is 0 Å². The lowest BCUT2D eigenvalue weighted by atomic mass is 9.78. The summed E-state index contributed by atoms with van der Waals surface area (Å²) in [5, 5.41) is 9.51. The summed E-state index contributed by atoms with van der Waals surface area (Å²) < 4.78 is 11.8. The van der Waals surface area contributed by atoms with Crippen molar-refractivity contribution in [2.24, 2.45) is 0 Å². The van der Waals surface area contributed by atoms with Crippen molar-refractivity contribution in [2.75, 3.05) is 6.61 Å². The van der Waals surface area contributed by atoms with Gasteiger partial charge in [-0.05, 0) is 39.2 Å². The molecule has 1 aliphatic rings. The van der Waals surface area contributed by atoms with Crippen LogP contribution in [-0.2, 0) is 9.31 Å². The molecule has 0 unspecified atom stereocenters. The van der Waals surface area contributed by atoms with E-state index in [1.807, 2.05) is 27.7 Å². The molecule has 5 nitrogen and oxygen atoms in total. The normalized spacial score (nSPS) is 21.7. The minimum atomic E-state index is -0.558. The van der Waals surface area contributed by atoms with Gasteiger partial charge in [-0.3, -0.25) is 9.97 Å². The minimum absolute atomic E-state index is 0.145. The quantitative estimate of drug-likeness (QED) is 0.836. The van der Waals surface area contributed by atoms with Crippen LogP contribution in [-0.4, -0.2) is 40.0 Å². The van der Waals surface area contributed by atoms with Gasteiger partial charge in [0.1, 0.15) is 0 Å². The van der Waals surface area contributed by atoms with Crippen molar-refractivity contribution >= 4 is 13.2 Å². The first-order valence-electron chi connectivity index (χ1n) is 6.29. The molecule has 0 aliphatic carbocycles. The molecular formula is C13H19BN2O3. The fourth-order valence-corrected chi connectivity index (χ4v) is 1.76. The first-order valence-corrected chi connectivity index (χ1v) is 6.29. The highest BCUT2D eigenvalue weighted by Crippen LogP contribution is 2.38. The molecule has 0 saturated carbocycles. The Morgan fingerprint density at radius 2 is 1.89 bits per heavy atom. The van der Waals surface area contributed by atoms with E-state index in [0.717, 1.165) is 0 Å². The number of hydrogen-bond donors (Lipinski definition) is 1. The summed E-state index contributed by atoms with van der Waals surface area (Å²) in [6.45, 7) is 7.76. The molecule has 0 amide bonds. The first-order chi connectivity index (χ1) is 8.86. The summed E-state index contributed by atoms with van der Waals surface area (Å²) in [5.41, 5.74) is 0.461. The molecule has 1 aromatic rings. The van der Waals surface area contributed by atoms with Gasteiger partial charge in [0, 0.05) is 12.4 Å². The van der Waals surface area contributed by atoms with E-state index in [2.05, 4.69) is 9.97 Å². The number of hydrogen-bond acceptors (Lipinski definition) is 5. The highest BCUT2D eigenvalue weighted by molar-refractivity contribution is 6.55. The van der Waals surface area contributed by atoms with Crippen LogP contribution in [0.1, 0.15) is 33.4 Å². The maximum atomic E-state index is 9.51. The van der Waals surface area contributed by atoms with Crippen molar-refractivity contribution in [3.8, 4) is 0 Å². The molecule has 1 aromatic heterocycles. The number of aromatic nitrogens is 2. The molecule has 0 spiro atoms. The lowest BCUT2D eigenvalue weighted by Crippen LogP contribution is -2.41. The van der Waals surface area contributed by atoms with E-state index >= 15 is 0 Å². The van der Waals surface area contributed by atoms with Crippen LogP contribution in [0.3, 0.4) is 0 Å². The van der Waals surface area contributed by atoms with Gasteiger partial charge < -0.3 is 14.4 Å². The molecule has 102 valence electrons. The molecule has 1 fully saturated rings. The lowest BCUT2D eigenvalue weighted by Gasteiger charge is -2.32. The molecule has 0 aromatic carbocycles. The zero-order chi connectivity index (χ0) is 14.1. The molecular weight excluding hydrogens is 243 g/mol. The van der Waals surface area contributed by atoms with E-state index in [9.17, 15) is 5.11 Å². The summed E-state index contributed by atoms with van der Waals surface area (Å²) in [7, 11) is -0.558. The maximum absolute atomic E-state index is 9.51. The molecule has 0 atom stereocenters. The average Bonchev–Trinajstić information content (AvgIpc) is 2.56. The van der Waals surface area contributed by atoms with Gasteiger partial charge >= 0.3 is 7.12 Å². The molecule has 2 heterocycles. The van der Waals surface area contributed by atoms with Crippen LogP contribution in [0, 0.1) is 0 Å². The van der Waals surface area contributed by atoms with Crippen LogP contribution < -0.4 is 0 Å². The Labute approximate surface area is 113 Å². The monoisotopic (exact) mass is 262 g/mol. The Kier molecular flexibility index (Phi) is 3.76. The van der Waals surface area contributed by atoms with Crippen molar-refractivity contribution in [1.82, 2.24) is 9.97 Å². The van der Waals surface area contributed by atoms with Crippen LogP contribution in [0.5, 0.6) is 0 Å². The fraction of sp³-hybridized carbons (Fsp3) is 0.538. The van der Waals surface area contributed by atoms with Crippen LogP contribution in [0.4, 0.5) is 0 Å². The standard InChI is InChI=1S/C13H19BN2O3/c1-12(2)13(3,4)19-14(18-12)10(9-17)7-11-8-15-5-6-16-11/h5-8,17H,9H2,1-4H3. The van der Waals surface area contributed by atoms with Crippen LogP contribution >= 0.6 is 0 Å². The third kappa shape index (κ3) is 2.86. The predicted octanol–water partition coefficient (Wildman–Crippen LogP) is 1.48. The zero-order valence-corrected chi connectivity index (χ0v) is 11.8. The Bertz CT molecular complexity index is 458. The van der Waals surface area contributed by atoms with E-state index in [1.54, 1.807) is 24.7 Å². The van der Waals surface area contributed by atoms with Crippen molar-refractivity contribution in [3.63, 3.8) is 0 Å². The van der Waals surface area contributed by atoms with Gasteiger partial charge in [-0.1, -0.05) is 0 Å². The van der Waals surface area contributed by atoms with Crippen molar-refractivity contribution in [2.45, 2.75) is 38.9 Å². The molecule has 2 rings (SSSR count). The molecule has 0 radical (unpaired) electrons. The Balaban J connectivity index is 2.23. The Hall–Kier alpha value is -1.24. The van der Waals surface area contributed by atoms with E-state index in [-0.39, 0.29) is 6.61 Å². The summed E-state index contributed by atoms with van der Waals surface area (Å²) in [6, 6.07) is 0. The molecule has 1 aliphatic heterocycles. The van der Waals surface area contributed by atoms with E-state index < -0.39 is 18.3 Å². The number of aliphatic hydroxyl groups excluding tert-OH is 1. The van der Waals surface area contributed by atoms with Gasteiger partial charge in [-0.25, -0.2) is 0 Å². The first kappa shape index (κ1) is 14.2. The Morgan fingerprint density at radius 3 is 2.37 bits per heavy atom. The summed E-state index contributed by atoms with van der Waals surface area (Å²) in [6.07, 6.45) is 6.58. The Morgan fingerprint density at radius 1 is 1.26 bits per heavy atom. The molecule has 1 N–H and O–H groups in total. The fourth-order valence-electron chi connectivity index (χ4n) is 1.76. The van der Waals surface area contributed by atoms with Gasteiger partial charge in [-0.2, -0.15) is 0 Å². The highest BCUT2D eigenvalue weighted by atomic mass is 16.7. The molecule has 19 heavy (non-hydrogen) atoms. The summed E-state index contributed by atoms with van der Waals surface area (Å²) in [4.78, 5) is 8.13. The molecule has 6 heteroatoms. The van der Waals surface area contributed by atoms with Crippen LogP contribution in [0.2, 0.25) is 0 Å². The largest absolute Gasteiger partial charge is 0.492 e. The smallest absolute Gasteiger partial charge is 0.400 e. The average molecular weight is 262 g/mol. The highest BCUT2D eigenvalue weighted by Gasteiger charge is 2.52. The topological polar surface area (TPSA) is 64.5 Å². The van der Waals surface area contributed by atoms with Crippen molar-refractivity contribution in [1.29, 1.82) is 0 Å². The second-order valence-electron chi connectivity index (χ2n) is 5.60.